The second kappa shape index (κ2) is 8.55. The second-order valence-corrected chi connectivity index (χ2v) is 9.04. The Morgan fingerprint density at radius 3 is 2.25 bits per heavy atom. The van der Waals surface area contributed by atoms with Gasteiger partial charge in [-0.1, -0.05) is 60.7 Å². The summed E-state index contributed by atoms with van der Waals surface area (Å²) in [4.78, 5) is 14.8. The summed E-state index contributed by atoms with van der Waals surface area (Å²) in [6.45, 7) is 0. The molecule has 0 saturated heterocycles. The minimum atomic E-state index is -0.0205. The van der Waals surface area contributed by atoms with E-state index in [-0.39, 0.29) is 11.2 Å². The van der Waals surface area contributed by atoms with Gasteiger partial charge in [-0.2, -0.15) is 5.10 Å². The van der Waals surface area contributed by atoms with E-state index in [1.165, 1.54) is 0 Å². The van der Waals surface area contributed by atoms with Crippen LogP contribution in [0.15, 0.2) is 84.9 Å². The Bertz CT molecular complexity index is 1230. The van der Waals surface area contributed by atoms with Gasteiger partial charge in [0.15, 0.2) is 0 Å². The predicted octanol–water partition coefficient (Wildman–Crippen LogP) is 5.38. The number of carbonyl (C=O) groups is 1. The van der Waals surface area contributed by atoms with Crippen LogP contribution in [0.3, 0.4) is 0 Å². The molecule has 1 aliphatic heterocycles. The van der Waals surface area contributed by atoms with Crippen LogP contribution in [0.4, 0.5) is 11.5 Å². The summed E-state index contributed by atoms with van der Waals surface area (Å²) >= 11 is 1.64. The Morgan fingerprint density at radius 1 is 0.938 bits per heavy atom. The Kier molecular flexibility index (Phi) is 5.45. The molecular formula is C26H24N4OS. The third-order valence-corrected chi connectivity index (χ3v) is 6.85. The minimum Gasteiger partial charge on any atom is -0.378 e. The van der Waals surface area contributed by atoms with Crippen LogP contribution in [0.2, 0.25) is 0 Å². The molecule has 1 N–H and O–H groups in total. The highest BCUT2D eigenvalue weighted by molar-refractivity contribution is 8.00. The number of thioether (sulfide) groups is 1. The molecule has 6 heteroatoms. The predicted molar refractivity (Wildman–Crippen MR) is 133 cm³/mol. The molecule has 2 heterocycles. The largest absolute Gasteiger partial charge is 0.378 e. The number of hydrogen-bond donors (Lipinski definition) is 1. The maximum atomic E-state index is 12.7. The summed E-state index contributed by atoms with van der Waals surface area (Å²) in [6, 6.07) is 28.7. The van der Waals surface area contributed by atoms with Crippen molar-refractivity contribution < 1.29 is 4.79 Å². The standard InChI is InChI=1S/C26H24N4OS/c1-29(2)20-15-13-19(14-16-20)25-23-24(18-9-5-3-6-10-18)28-30(21-11-7-4-8-12-21)26(23)27-22(31)17-32-25/h3-16,25H,17H2,1-2H3,(H,27,31)/t25-/m0/s1. The first-order valence-corrected chi connectivity index (χ1v) is 11.6. The number of amides is 1. The van der Waals surface area contributed by atoms with Gasteiger partial charge >= 0.3 is 0 Å². The molecule has 0 radical (unpaired) electrons. The van der Waals surface area contributed by atoms with Crippen LogP contribution in [0.1, 0.15) is 16.4 Å². The number of para-hydroxylation sites is 1. The fraction of sp³-hybridized carbons (Fsp3) is 0.154. The number of nitrogens with one attached hydrogen (secondary N) is 1. The van der Waals surface area contributed by atoms with Crippen LogP contribution in [0, 0.1) is 0 Å². The van der Waals surface area contributed by atoms with E-state index in [1.54, 1.807) is 11.8 Å². The van der Waals surface area contributed by atoms with Crippen LogP contribution in [0.25, 0.3) is 16.9 Å². The number of hydrogen-bond acceptors (Lipinski definition) is 4. The van der Waals surface area contributed by atoms with Crippen molar-refractivity contribution in [2.75, 3.05) is 30.1 Å². The van der Waals surface area contributed by atoms with Crippen molar-refractivity contribution >= 4 is 29.2 Å². The summed E-state index contributed by atoms with van der Waals surface area (Å²) in [5.74, 6) is 1.12. The molecule has 160 valence electrons. The first kappa shape index (κ1) is 20.4. The van der Waals surface area contributed by atoms with Crippen molar-refractivity contribution in [1.29, 1.82) is 0 Å². The molecule has 32 heavy (non-hydrogen) atoms. The van der Waals surface area contributed by atoms with Gasteiger partial charge < -0.3 is 10.2 Å². The Hall–Kier alpha value is -3.51. The summed E-state index contributed by atoms with van der Waals surface area (Å²) in [5.41, 5.74) is 6.17. The number of carbonyl (C=O) groups excluding carboxylic acids is 1. The van der Waals surface area contributed by atoms with E-state index >= 15 is 0 Å². The number of rotatable bonds is 4. The third-order valence-electron chi connectivity index (χ3n) is 5.58. The number of fused-ring (bicyclic) bond motifs is 1. The minimum absolute atomic E-state index is 0.0136. The SMILES string of the molecule is CN(C)c1ccc([C@@H]2SCC(=O)Nc3c2c(-c2ccccc2)nn3-c2ccccc2)cc1. The van der Waals surface area contributed by atoms with Gasteiger partial charge in [0, 0.05) is 30.9 Å². The Labute approximate surface area is 192 Å². The zero-order valence-electron chi connectivity index (χ0n) is 18.0. The number of anilines is 2. The molecule has 1 amide bonds. The van der Waals surface area contributed by atoms with Gasteiger partial charge in [-0.15, -0.1) is 11.8 Å². The lowest BCUT2D eigenvalue weighted by Crippen LogP contribution is -2.15. The molecule has 4 aromatic rings. The van der Waals surface area contributed by atoms with E-state index in [9.17, 15) is 4.79 Å². The van der Waals surface area contributed by atoms with Crippen molar-refractivity contribution in [2.45, 2.75) is 5.25 Å². The molecule has 0 spiro atoms. The number of aromatic nitrogens is 2. The lowest BCUT2D eigenvalue weighted by molar-refractivity contribution is -0.113. The molecule has 1 atom stereocenters. The van der Waals surface area contributed by atoms with Crippen molar-refractivity contribution in [2.24, 2.45) is 0 Å². The Balaban J connectivity index is 1.74. The van der Waals surface area contributed by atoms with E-state index in [1.807, 2.05) is 67.3 Å². The third kappa shape index (κ3) is 3.78. The molecule has 0 fully saturated rings. The normalized spacial score (nSPS) is 15.6. The maximum Gasteiger partial charge on any atom is 0.235 e. The Morgan fingerprint density at radius 2 is 1.59 bits per heavy atom. The molecule has 1 aromatic heterocycles. The van der Waals surface area contributed by atoms with Gasteiger partial charge in [-0.3, -0.25) is 4.79 Å². The van der Waals surface area contributed by atoms with Gasteiger partial charge in [0.25, 0.3) is 0 Å². The van der Waals surface area contributed by atoms with Crippen molar-refractivity contribution in [3.05, 3.63) is 96.1 Å². The fourth-order valence-corrected chi connectivity index (χ4v) is 5.11. The van der Waals surface area contributed by atoms with Crippen molar-refractivity contribution in [3.63, 3.8) is 0 Å². The summed E-state index contributed by atoms with van der Waals surface area (Å²) in [7, 11) is 4.07. The van der Waals surface area contributed by atoms with Crippen LogP contribution in [-0.4, -0.2) is 35.5 Å². The molecule has 0 bridgehead atoms. The highest BCUT2D eigenvalue weighted by atomic mass is 32.2. The molecule has 1 aliphatic rings. The smallest absolute Gasteiger partial charge is 0.235 e. The van der Waals surface area contributed by atoms with E-state index < -0.39 is 0 Å². The topological polar surface area (TPSA) is 50.2 Å². The molecule has 0 unspecified atom stereocenters. The van der Waals surface area contributed by atoms with Crippen molar-refractivity contribution in [1.82, 2.24) is 9.78 Å². The van der Waals surface area contributed by atoms with Crippen LogP contribution < -0.4 is 10.2 Å². The molecule has 3 aromatic carbocycles. The van der Waals surface area contributed by atoms with Crippen molar-refractivity contribution in [3.8, 4) is 16.9 Å². The second-order valence-electron chi connectivity index (χ2n) is 7.95. The molecule has 5 nitrogen and oxygen atoms in total. The fourth-order valence-electron chi connectivity index (χ4n) is 3.98. The number of benzene rings is 3. The van der Waals surface area contributed by atoms with Gasteiger partial charge in [0.1, 0.15) is 5.82 Å². The lowest BCUT2D eigenvalue weighted by atomic mass is 9.99. The number of nitrogens with zero attached hydrogens (tertiary/aromatic N) is 3. The van der Waals surface area contributed by atoms with Gasteiger partial charge in [-0.05, 0) is 29.8 Å². The van der Waals surface area contributed by atoms with Gasteiger partial charge in [0.05, 0.1) is 22.4 Å². The van der Waals surface area contributed by atoms with E-state index in [0.717, 1.165) is 39.6 Å². The molecule has 0 aliphatic carbocycles. The maximum absolute atomic E-state index is 12.7. The van der Waals surface area contributed by atoms with E-state index in [0.29, 0.717) is 5.75 Å². The highest BCUT2D eigenvalue weighted by Gasteiger charge is 2.32. The average molecular weight is 441 g/mol. The first-order chi connectivity index (χ1) is 15.6. The van der Waals surface area contributed by atoms with Gasteiger partial charge in [0.2, 0.25) is 5.91 Å². The van der Waals surface area contributed by atoms with Crippen LogP contribution in [-0.2, 0) is 4.79 Å². The lowest BCUT2D eigenvalue weighted by Gasteiger charge is -2.18. The van der Waals surface area contributed by atoms with Crippen LogP contribution in [0.5, 0.6) is 0 Å². The highest BCUT2D eigenvalue weighted by Crippen LogP contribution is 2.47. The van der Waals surface area contributed by atoms with E-state index in [2.05, 4.69) is 46.6 Å². The summed E-state index contributed by atoms with van der Waals surface area (Å²) < 4.78 is 1.86. The van der Waals surface area contributed by atoms with Gasteiger partial charge in [-0.25, -0.2) is 4.68 Å². The quantitative estimate of drug-likeness (QED) is 0.463. The van der Waals surface area contributed by atoms with E-state index in [4.69, 9.17) is 5.10 Å². The molecule has 5 rings (SSSR count). The average Bonchev–Trinajstić information content (AvgIpc) is 3.10. The first-order valence-electron chi connectivity index (χ1n) is 10.5. The molecule has 0 saturated carbocycles. The molecular weight excluding hydrogens is 416 g/mol. The van der Waals surface area contributed by atoms with Crippen LogP contribution >= 0.6 is 11.8 Å². The monoisotopic (exact) mass is 440 g/mol. The zero-order valence-corrected chi connectivity index (χ0v) is 18.8. The summed E-state index contributed by atoms with van der Waals surface area (Å²) in [5, 5.41) is 8.13. The zero-order chi connectivity index (χ0) is 22.1. The summed E-state index contributed by atoms with van der Waals surface area (Å²) in [6.07, 6.45) is 0.